The number of piperazine rings is 1. The number of hydrogen-bond acceptors (Lipinski definition) is 12. The van der Waals surface area contributed by atoms with Gasteiger partial charge >= 0.3 is 18.0 Å². The number of halogens is 4. The molecule has 2 aromatic carbocycles. The number of alkyl halides is 3. The Kier molecular flexibility index (Phi) is 8.36. The van der Waals surface area contributed by atoms with Gasteiger partial charge in [0.1, 0.15) is 0 Å². The average molecular weight is 685 g/mol. The highest BCUT2D eigenvalue weighted by molar-refractivity contribution is 7.89. The van der Waals surface area contributed by atoms with E-state index in [1.165, 1.54) is 32.7 Å². The number of carbonyl (C=O) groups excluding carboxylic acids is 2. The van der Waals surface area contributed by atoms with Gasteiger partial charge in [0.15, 0.2) is 5.01 Å². The monoisotopic (exact) mass is 684 g/mol. The first-order chi connectivity index (χ1) is 21.3. The summed E-state index contributed by atoms with van der Waals surface area (Å²) in [5.41, 5.74) is 0.808. The summed E-state index contributed by atoms with van der Waals surface area (Å²) >= 11 is 7.29. The molecule has 1 N–H and O–H groups in total. The van der Waals surface area contributed by atoms with Crippen molar-refractivity contribution >= 4 is 55.6 Å². The number of rotatable bonds is 7. The van der Waals surface area contributed by atoms with Crippen molar-refractivity contribution < 1.29 is 35.9 Å². The Morgan fingerprint density at radius 1 is 1.11 bits per heavy atom. The molecule has 0 aliphatic carbocycles. The van der Waals surface area contributed by atoms with Crippen molar-refractivity contribution in [2.24, 2.45) is 20.7 Å². The topological polar surface area (TPSA) is 158 Å². The minimum absolute atomic E-state index is 0.0184. The van der Waals surface area contributed by atoms with Gasteiger partial charge < -0.3 is 15.0 Å². The van der Waals surface area contributed by atoms with Crippen LogP contribution in [0.15, 0.2) is 62.0 Å². The van der Waals surface area contributed by atoms with E-state index >= 15 is 0 Å². The maximum atomic E-state index is 13.8. The average Bonchev–Trinajstić information content (AvgIpc) is 3.66. The summed E-state index contributed by atoms with van der Waals surface area (Å²) in [6.45, 7) is 0.983. The van der Waals surface area contributed by atoms with Crippen molar-refractivity contribution in [1.82, 2.24) is 19.5 Å². The Balaban J connectivity index is 1.28. The maximum Gasteiger partial charge on any atom is 0.491 e. The molecule has 3 aliphatic rings. The Bertz CT molecular complexity index is 1800. The van der Waals surface area contributed by atoms with Crippen molar-refractivity contribution in [3.8, 4) is 0 Å². The third-order valence-corrected chi connectivity index (χ3v) is 10.8. The van der Waals surface area contributed by atoms with Crippen LogP contribution in [0.3, 0.4) is 0 Å². The number of fused-ring (bicyclic) bond motifs is 2. The maximum absolute atomic E-state index is 13.8. The van der Waals surface area contributed by atoms with Crippen LogP contribution in [0.1, 0.15) is 33.2 Å². The molecular formula is C26H24ClF3N8O5S2. The highest BCUT2D eigenvalue weighted by Gasteiger charge is 2.49. The summed E-state index contributed by atoms with van der Waals surface area (Å²) in [7, 11) is -4.08. The van der Waals surface area contributed by atoms with Crippen molar-refractivity contribution in [3.63, 3.8) is 0 Å². The number of benzene rings is 2. The lowest BCUT2D eigenvalue weighted by Crippen LogP contribution is -2.56. The molecule has 0 spiro atoms. The molecule has 1 fully saturated rings. The molecule has 45 heavy (non-hydrogen) atoms. The zero-order chi connectivity index (χ0) is 32.0. The molecule has 1 saturated heterocycles. The summed E-state index contributed by atoms with van der Waals surface area (Å²) in [6, 6.07) is 8.79. The number of carbonyl (C=O) groups is 2. The van der Waals surface area contributed by atoms with Gasteiger partial charge in [-0.15, -0.1) is 11.3 Å². The number of nitrogens with zero attached hydrogens (tertiary/aromatic N) is 7. The van der Waals surface area contributed by atoms with E-state index in [2.05, 4.69) is 35.7 Å². The quantitative estimate of drug-likeness (QED) is 0.359. The van der Waals surface area contributed by atoms with Crippen LogP contribution in [0.4, 0.5) is 13.2 Å². The van der Waals surface area contributed by atoms with Crippen LogP contribution in [0.25, 0.3) is 10.8 Å². The highest BCUT2D eigenvalue weighted by Crippen LogP contribution is 2.34. The predicted molar refractivity (Wildman–Crippen MR) is 154 cm³/mol. The second-order valence-corrected chi connectivity index (χ2v) is 14.0. The van der Waals surface area contributed by atoms with Gasteiger partial charge in [-0.1, -0.05) is 34.0 Å². The molecule has 1 amide bonds. The van der Waals surface area contributed by atoms with E-state index in [1.807, 2.05) is 0 Å². The van der Waals surface area contributed by atoms with Gasteiger partial charge in [0.2, 0.25) is 10.0 Å². The molecule has 0 bridgehead atoms. The molecule has 3 aliphatic heterocycles. The van der Waals surface area contributed by atoms with E-state index in [1.54, 1.807) is 24.3 Å². The number of hydrogen-bond donors (Lipinski definition) is 1. The third kappa shape index (κ3) is 6.42. The van der Waals surface area contributed by atoms with Crippen LogP contribution in [0.5, 0.6) is 0 Å². The first-order valence-electron chi connectivity index (χ1n) is 13.7. The van der Waals surface area contributed by atoms with Gasteiger partial charge in [-0.05, 0) is 51.9 Å². The lowest BCUT2D eigenvalue weighted by molar-refractivity contribution is -0.214. The van der Waals surface area contributed by atoms with Crippen LogP contribution in [0.2, 0.25) is 5.02 Å². The Morgan fingerprint density at radius 2 is 1.84 bits per heavy atom. The van der Waals surface area contributed by atoms with E-state index in [4.69, 9.17) is 11.6 Å². The summed E-state index contributed by atoms with van der Waals surface area (Å²) in [5.74, 6) is -5.40. The molecule has 19 heteroatoms. The van der Waals surface area contributed by atoms with E-state index < -0.39 is 46.4 Å². The lowest BCUT2D eigenvalue weighted by Gasteiger charge is -2.41. The van der Waals surface area contributed by atoms with Gasteiger partial charge in [0.25, 0.3) is 5.91 Å². The van der Waals surface area contributed by atoms with Crippen LogP contribution >= 0.6 is 22.9 Å². The molecule has 6 rings (SSSR count). The summed E-state index contributed by atoms with van der Waals surface area (Å²) in [5, 5.41) is 18.8. The predicted octanol–water partition coefficient (Wildman–Crippen LogP) is 4.48. The van der Waals surface area contributed by atoms with Crippen molar-refractivity contribution in [1.29, 1.82) is 0 Å². The smallest absolute Gasteiger partial charge is 0.406 e. The van der Waals surface area contributed by atoms with Crippen LogP contribution < -0.4 is 5.32 Å². The molecule has 238 valence electrons. The fourth-order valence-electron chi connectivity index (χ4n) is 5.36. The summed E-state index contributed by atoms with van der Waals surface area (Å²) in [6.07, 6.45) is -5.30. The molecule has 3 aromatic rings. The first kappa shape index (κ1) is 31.4. The fraction of sp³-hybridized carbons (Fsp3) is 0.423. The van der Waals surface area contributed by atoms with Crippen LogP contribution in [-0.2, 0) is 32.5 Å². The number of thiazole rings is 1. The SMILES string of the molecule is O=C(c1nc2c(s1)CNCC2)N1CCN(S(=O)(=O)c2ccc3cc(Cl)ccc3c2)CC1CCC1(OC(=O)C(F)(F)F)N=NN=N1. The van der Waals surface area contributed by atoms with E-state index in [9.17, 15) is 31.2 Å². The molecule has 13 nitrogen and oxygen atoms in total. The molecule has 1 atom stereocenters. The minimum atomic E-state index is -5.33. The normalized spacial score (nSPS) is 20.0. The Morgan fingerprint density at radius 3 is 2.58 bits per heavy atom. The zero-order valence-electron chi connectivity index (χ0n) is 23.2. The molecule has 0 saturated carbocycles. The summed E-state index contributed by atoms with van der Waals surface area (Å²) in [4.78, 5) is 32.3. The minimum Gasteiger partial charge on any atom is -0.406 e. The van der Waals surface area contributed by atoms with Gasteiger partial charge in [-0.25, -0.2) is 18.2 Å². The van der Waals surface area contributed by atoms with Crippen LogP contribution in [-0.4, -0.2) is 78.7 Å². The number of aromatic nitrogens is 1. The lowest BCUT2D eigenvalue weighted by atomic mass is 10.0. The van der Waals surface area contributed by atoms with Gasteiger partial charge in [0, 0.05) is 61.5 Å². The number of esters is 1. The largest absolute Gasteiger partial charge is 0.491 e. The van der Waals surface area contributed by atoms with Crippen LogP contribution in [0, 0.1) is 0 Å². The number of amides is 1. The highest BCUT2D eigenvalue weighted by atomic mass is 35.5. The molecule has 1 unspecified atom stereocenters. The second kappa shape index (κ2) is 12.0. The van der Waals surface area contributed by atoms with Gasteiger partial charge in [0.05, 0.1) is 10.6 Å². The van der Waals surface area contributed by atoms with Gasteiger partial charge in [-0.2, -0.15) is 17.5 Å². The number of ether oxygens (including phenoxy) is 1. The zero-order valence-corrected chi connectivity index (χ0v) is 25.6. The Labute approximate surface area is 263 Å². The Hall–Kier alpha value is -3.58. The molecule has 4 heterocycles. The van der Waals surface area contributed by atoms with Crippen molar-refractivity contribution in [3.05, 3.63) is 57.0 Å². The third-order valence-electron chi connectivity index (χ3n) is 7.64. The van der Waals surface area contributed by atoms with Gasteiger partial charge in [-0.3, -0.25) is 4.79 Å². The van der Waals surface area contributed by atoms with E-state index in [0.717, 1.165) is 16.0 Å². The number of sulfonamides is 1. The van der Waals surface area contributed by atoms with E-state index in [-0.39, 0.29) is 36.0 Å². The number of nitrogens with one attached hydrogen (secondary N) is 1. The summed E-state index contributed by atoms with van der Waals surface area (Å²) < 4.78 is 72.5. The van der Waals surface area contributed by atoms with Crippen molar-refractivity contribution in [2.75, 3.05) is 26.2 Å². The van der Waals surface area contributed by atoms with E-state index in [0.29, 0.717) is 29.9 Å². The second-order valence-electron chi connectivity index (χ2n) is 10.5. The molecule has 1 aromatic heterocycles. The first-order valence-corrected chi connectivity index (χ1v) is 16.3. The van der Waals surface area contributed by atoms with Crippen molar-refractivity contribution in [2.45, 2.75) is 48.8 Å². The fourth-order valence-corrected chi connectivity index (χ4v) is 8.07. The molecule has 0 radical (unpaired) electrons. The molecular weight excluding hydrogens is 661 g/mol. The standard InChI is InChI=1S/C26H24ClF3N8O5S2/c27-17-3-1-16-12-19(4-2-15(16)11-17)45(41,42)37-9-10-38(23(39)22-32-20-6-8-31-13-21(20)44-22)18(14-37)5-7-25(33-35-36-34-25)43-24(40)26(28,29)30/h1-4,11-12,18,31H,5-10,13-14H2.